The molecule has 178 valence electrons. The number of unbranched alkanes of at least 4 members (excludes halogenated alkanes) is 2. The van der Waals surface area contributed by atoms with Crippen molar-refractivity contribution in [3.63, 3.8) is 0 Å². The van der Waals surface area contributed by atoms with Crippen LogP contribution in [0.3, 0.4) is 0 Å². The molecule has 0 spiro atoms. The first-order valence-corrected chi connectivity index (χ1v) is 11.0. The topological polar surface area (TPSA) is 197 Å². The van der Waals surface area contributed by atoms with Crippen LogP contribution in [0.15, 0.2) is 12.5 Å². The number of nitrogens with two attached hydrogens (primary N) is 2. The standard InChI is InChI=1S/C20H34N8O4/c21-7-3-1-5-14-18(30)24-11-17(29)26-16(9-13-10-23-12-25-13)20(32)28-15(19(31)27-14)6-2-4-8-22/h10,12,14-16H,1-9,11,21-22H2,(H,23,25)(H,24,30)(H,26,29)(H,27,31)(H,28,32)/t14-,15-,16-/m0/s1. The summed E-state index contributed by atoms with van der Waals surface area (Å²) in [6, 6.07) is -2.63. The van der Waals surface area contributed by atoms with Crippen LogP contribution < -0.4 is 32.7 Å². The fraction of sp³-hybridized carbons (Fsp3) is 0.650. The van der Waals surface area contributed by atoms with Crippen molar-refractivity contribution in [1.82, 2.24) is 31.2 Å². The summed E-state index contributed by atoms with van der Waals surface area (Å²) in [5.41, 5.74) is 11.7. The molecule has 1 saturated heterocycles. The maximum Gasteiger partial charge on any atom is 0.243 e. The lowest BCUT2D eigenvalue weighted by Crippen LogP contribution is -2.59. The monoisotopic (exact) mass is 450 g/mol. The van der Waals surface area contributed by atoms with Crippen molar-refractivity contribution < 1.29 is 19.2 Å². The number of amides is 4. The molecule has 0 bridgehead atoms. The second kappa shape index (κ2) is 13.4. The number of rotatable bonds is 10. The van der Waals surface area contributed by atoms with E-state index in [0.717, 1.165) is 0 Å². The van der Waals surface area contributed by atoms with E-state index in [9.17, 15) is 19.2 Å². The Balaban J connectivity index is 2.21. The summed E-state index contributed by atoms with van der Waals surface area (Å²) in [6.07, 6.45) is 6.56. The van der Waals surface area contributed by atoms with E-state index in [1.54, 1.807) is 6.20 Å². The number of hydrogen-bond donors (Lipinski definition) is 7. The van der Waals surface area contributed by atoms with Gasteiger partial charge in [-0.15, -0.1) is 0 Å². The summed E-state index contributed by atoms with van der Waals surface area (Å²) >= 11 is 0. The van der Waals surface area contributed by atoms with Crippen LogP contribution in [0.5, 0.6) is 0 Å². The quantitative estimate of drug-likeness (QED) is 0.196. The summed E-state index contributed by atoms with van der Waals surface area (Å²) in [4.78, 5) is 57.8. The van der Waals surface area contributed by atoms with Gasteiger partial charge in [0, 0.05) is 18.3 Å². The SMILES string of the molecule is NCCCC[C@@H]1NC(=O)[C@H](CCCCN)NC(=O)[C@H](Cc2cnc[nH]2)NC(=O)CNC1=O. The molecule has 1 aliphatic rings. The summed E-state index contributed by atoms with van der Waals surface area (Å²) in [7, 11) is 0. The Bertz CT molecular complexity index is 755. The van der Waals surface area contributed by atoms with E-state index in [1.807, 2.05) is 0 Å². The van der Waals surface area contributed by atoms with Gasteiger partial charge in [0.15, 0.2) is 0 Å². The highest BCUT2D eigenvalue weighted by molar-refractivity contribution is 5.96. The third-order valence-electron chi connectivity index (χ3n) is 5.21. The van der Waals surface area contributed by atoms with Crippen LogP contribution in [0, 0.1) is 0 Å². The van der Waals surface area contributed by atoms with Gasteiger partial charge in [0.25, 0.3) is 0 Å². The molecule has 12 nitrogen and oxygen atoms in total. The Kier molecular flexibility index (Phi) is 10.6. The molecule has 12 heteroatoms. The predicted molar refractivity (Wildman–Crippen MR) is 117 cm³/mol. The molecule has 0 saturated carbocycles. The average molecular weight is 451 g/mol. The second-order valence-electron chi connectivity index (χ2n) is 7.81. The van der Waals surface area contributed by atoms with Crippen LogP contribution in [-0.4, -0.2) is 71.4 Å². The molecular formula is C20H34N8O4. The van der Waals surface area contributed by atoms with Crippen molar-refractivity contribution in [2.45, 2.75) is 63.1 Å². The first-order chi connectivity index (χ1) is 15.4. The van der Waals surface area contributed by atoms with Gasteiger partial charge in [0.1, 0.15) is 18.1 Å². The van der Waals surface area contributed by atoms with E-state index >= 15 is 0 Å². The minimum Gasteiger partial charge on any atom is -0.348 e. The van der Waals surface area contributed by atoms with Crippen LogP contribution in [0.25, 0.3) is 0 Å². The maximum absolute atomic E-state index is 13.0. The van der Waals surface area contributed by atoms with E-state index in [0.29, 0.717) is 57.3 Å². The van der Waals surface area contributed by atoms with Gasteiger partial charge in [-0.25, -0.2) is 4.98 Å². The number of H-pyrrole nitrogens is 1. The molecule has 2 heterocycles. The van der Waals surface area contributed by atoms with Crippen molar-refractivity contribution in [2.75, 3.05) is 19.6 Å². The molecule has 9 N–H and O–H groups in total. The fourth-order valence-electron chi connectivity index (χ4n) is 3.43. The Morgan fingerprint density at radius 2 is 1.41 bits per heavy atom. The van der Waals surface area contributed by atoms with E-state index in [1.165, 1.54) is 6.33 Å². The molecule has 3 atom stereocenters. The van der Waals surface area contributed by atoms with Crippen LogP contribution in [-0.2, 0) is 25.6 Å². The first kappa shape index (κ1) is 25.3. The van der Waals surface area contributed by atoms with Crippen molar-refractivity contribution in [3.8, 4) is 0 Å². The highest BCUT2D eigenvalue weighted by Gasteiger charge is 2.31. The molecule has 32 heavy (non-hydrogen) atoms. The number of imidazole rings is 1. The third kappa shape index (κ3) is 8.27. The molecule has 2 rings (SSSR count). The zero-order valence-electron chi connectivity index (χ0n) is 18.2. The summed E-state index contributed by atoms with van der Waals surface area (Å²) in [6.45, 7) is 0.625. The van der Waals surface area contributed by atoms with Crippen molar-refractivity contribution in [1.29, 1.82) is 0 Å². The van der Waals surface area contributed by atoms with E-state index in [-0.39, 0.29) is 13.0 Å². The molecule has 0 unspecified atom stereocenters. The van der Waals surface area contributed by atoms with E-state index in [4.69, 9.17) is 11.5 Å². The predicted octanol–water partition coefficient (Wildman–Crippen LogP) is -2.21. The van der Waals surface area contributed by atoms with Gasteiger partial charge in [0.05, 0.1) is 12.9 Å². The number of aromatic nitrogens is 2. The normalized spacial score (nSPS) is 22.8. The van der Waals surface area contributed by atoms with E-state index < -0.39 is 41.8 Å². The number of nitrogens with zero attached hydrogens (tertiary/aromatic N) is 1. The Morgan fingerprint density at radius 1 is 0.812 bits per heavy atom. The Hall–Kier alpha value is -2.99. The van der Waals surface area contributed by atoms with Crippen molar-refractivity contribution in [3.05, 3.63) is 18.2 Å². The maximum atomic E-state index is 13.0. The molecule has 0 aromatic carbocycles. The average Bonchev–Trinajstić information content (AvgIpc) is 3.28. The molecule has 1 aromatic rings. The Labute approximate surface area is 187 Å². The zero-order chi connectivity index (χ0) is 23.3. The number of hydrogen-bond acceptors (Lipinski definition) is 7. The van der Waals surface area contributed by atoms with Gasteiger partial charge in [-0.05, 0) is 51.6 Å². The van der Waals surface area contributed by atoms with Crippen LogP contribution in [0.4, 0.5) is 0 Å². The van der Waals surface area contributed by atoms with Gasteiger partial charge in [0.2, 0.25) is 23.6 Å². The number of nitrogens with one attached hydrogen (secondary N) is 5. The lowest BCUT2D eigenvalue weighted by atomic mass is 10.0. The first-order valence-electron chi connectivity index (χ1n) is 11.0. The minimum absolute atomic E-state index is 0.157. The molecule has 0 radical (unpaired) electrons. The minimum atomic E-state index is -0.940. The smallest absolute Gasteiger partial charge is 0.243 e. The lowest BCUT2D eigenvalue weighted by molar-refractivity contribution is -0.135. The summed E-state index contributed by atoms with van der Waals surface area (Å²) in [5, 5.41) is 10.6. The fourth-order valence-corrected chi connectivity index (χ4v) is 3.43. The molecule has 1 aromatic heterocycles. The molecule has 1 aliphatic heterocycles. The molecule has 0 aliphatic carbocycles. The molecule has 4 amide bonds. The molecular weight excluding hydrogens is 416 g/mol. The zero-order valence-corrected chi connectivity index (χ0v) is 18.2. The Morgan fingerprint density at radius 3 is 1.97 bits per heavy atom. The number of aromatic amines is 1. The summed E-state index contributed by atoms with van der Waals surface area (Å²) in [5.74, 6) is -1.91. The van der Waals surface area contributed by atoms with Crippen molar-refractivity contribution >= 4 is 23.6 Å². The number of carbonyl (C=O) groups is 4. The van der Waals surface area contributed by atoms with Gasteiger partial charge < -0.3 is 37.7 Å². The molecule has 1 fully saturated rings. The van der Waals surface area contributed by atoms with Crippen LogP contribution in [0.1, 0.15) is 44.2 Å². The second-order valence-corrected chi connectivity index (χ2v) is 7.81. The van der Waals surface area contributed by atoms with Crippen LogP contribution in [0.2, 0.25) is 0 Å². The third-order valence-corrected chi connectivity index (χ3v) is 5.21. The summed E-state index contributed by atoms with van der Waals surface area (Å²) < 4.78 is 0. The lowest BCUT2D eigenvalue weighted by Gasteiger charge is -2.26. The highest BCUT2D eigenvalue weighted by atomic mass is 16.2. The highest BCUT2D eigenvalue weighted by Crippen LogP contribution is 2.07. The van der Waals surface area contributed by atoms with Gasteiger partial charge in [-0.2, -0.15) is 0 Å². The van der Waals surface area contributed by atoms with Gasteiger partial charge in [-0.1, -0.05) is 0 Å². The van der Waals surface area contributed by atoms with Crippen molar-refractivity contribution in [2.24, 2.45) is 11.5 Å². The van der Waals surface area contributed by atoms with Crippen LogP contribution >= 0.6 is 0 Å². The number of carbonyl (C=O) groups excluding carboxylic acids is 4. The van der Waals surface area contributed by atoms with E-state index in [2.05, 4.69) is 31.2 Å². The van der Waals surface area contributed by atoms with Gasteiger partial charge in [-0.3, -0.25) is 19.2 Å². The largest absolute Gasteiger partial charge is 0.348 e. The van der Waals surface area contributed by atoms with Gasteiger partial charge >= 0.3 is 0 Å².